The average molecular weight is 260 g/mol. The molecule has 1 aliphatic rings. The molecule has 2 rings (SSSR count). The van der Waals surface area contributed by atoms with Crippen molar-refractivity contribution < 1.29 is 9.84 Å². The van der Waals surface area contributed by atoms with Crippen LogP contribution in [0.4, 0.5) is 5.69 Å². The fraction of sp³-hybridized carbons (Fsp3) is 0.533. The van der Waals surface area contributed by atoms with Crippen LogP contribution in [0.3, 0.4) is 0 Å². The van der Waals surface area contributed by atoms with E-state index < -0.39 is 6.10 Å². The first kappa shape index (κ1) is 13.9. The number of benzene rings is 1. The molecule has 0 radical (unpaired) electrons. The number of hydrogen-bond donors (Lipinski definition) is 1. The number of ether oxygens (including phenoxy) is 1. The largest absolute Gasteiger partial charge is 0.389 e. The molecule has 0 spiro atoms. The van der Waals surface area contributed by atoms with Gasteiger partial charge in [0.2, 0.25) is 0 Å². The lowest BCUT2D eigenvalue weighted by atomic mass is 10.0. The van der Waals surface area contributed by atoms with Gasteiger partial charge in [0, 0.05) is 30.9 Å². The van der Waals surface area contributed by atoms with E-state index in [1.165, 1.54) is 0 Å². The highest BCUT2D eigenvalue weighted by molar-refractivity contribution is 5.58. The standard InChI is InChI=1S/C15H20N2O2/c1-11-10-17(6-3-7-19-11)15-8-13(9-16)4-5-14(15)12(2)18/h4-5,8,11-12,18H,3,6-7,10H2,1-2H3/t11?,12-/m1/s1. The Morgan fingerprint density at radius 3 is 3.00 bits per heavy atom. The van der Waals surface area contributed by atoms with Gasteiger partial charge in [-0.3, -0.25) is 0 Å². The summed E-state index contributed by atoms with van der Waals surface area (Å²) in [4.78, 5) is 2.21. The molecule has 2 atom stereocenters. The summed E-state index contributed by atoms with van der Waals surface area (Å²) >= 11 is 0. The molecule has 1 aromatic carbocycles. The lowest BCUT2D eigenvalue weighted by Gasteiger charge is -2.27. The van der Waals surface area contributed by atoms with Crippen molar-refractivity contribution in [2.75, 3.05) is 24.6 Å². The summed E-state index contributed by atoms with van der Waals surface area (Å²) < 4.78 is 5.64. The molecule has 0 amide bonds. The van der Waals surface area contributed by atoms with Gasteiger partial charge in [-0.05, 0) is 32.4 Å². The van der Waals surface area contributed by atoms with Crippen LogP contribution in [0.25, 0.3) is 0 Å². The molecule has 4 nitrogen and oxygen atoms in total. The topological polar surface area (TPSA) is 56.5 Å². The zero-order valence-corrected chi connectivity index (χ0v) is 11.5. The quantitative estimate of drug-likeness (QED) is 0.886. The maximum atomic E-state index is 9.89. The minimum atomic E-state index is -0.540. The Balaban J connectivity index is 2.37. The lowest BCUT2D eigenvalue weighted by Crippen LogP contribution is -2.31. The summed E-state index contributed by atoms with van der Waals surface area (Å²) in [5.74, 6) is 0. The highest BCUT2D eigenvalue weighted by Crippen LogP contribution is 2.29. The summed E-state index contributed by atoms with van der Waals surface area (Å²) in [7, 11) is 0. The van der Waals surface area contributed by atoms with Crippen LogP contribution in [0, 0.1) is 11.3 Å². The third-order valence-corrected chi connectivity index (χ3v) is 3.40. The number of aliphatic hydroxyl groups is 1. The van der Waals surface area contributed by atoms with Gasteiger partial charge in [0.05, 0.1) is 23.8 Å². The second-order valence-electron chi connectivity index (χ2n) is 5.04. The molecule has 0 aromatic heterocycles. The Bertz CT molecular complexity index is 480. The van der Waals surface area contributed by atoms with E-state index in [4.69, 9.17) is 10.00 Å². The van der Waals surface area contributed by atoms with Crippen molar-refractivity contribution in [1.82, 2.24) is 0 Å². The zero-order chi connectivity index (χ0) is 13.8. The van der Waals surface area contributed by atoms with E-state index in [0.29, 0.717) is 5.56 Å². The van der Waals surface area contributed by atoms with Crippen LogP contribution in [0.15, 0.2) is 18.2 Å². The van der Waals surface area contributed by atoms with Crippen LogP contribution in [0.2, 0.25) is 0 Å². The Morgan fingerprint density at radius 1 is 1.53 bits per heavy atom. The van der Waals surface area contributed by atoms with Gasteiger partial charge < -0.3 is 14.7 Å². The number of aliphatic hydroxyl groups excluding tert-OH is 1. The van der Waals surface area contributed by atoms with Crippen molar-refractivity contribution in [2.45, 2.75) is 32.5 Å². The Morgan fingerprint density at radius 2 is 2.32 bits per heavy atom. The number of hydrogen-bond acceptors (Lipinski definition) is 4. The van der Waals surface area contributed by atoms with Crippen molar-refractivity contribution in [3.63, 3.8) is 0 Å². The van der Waals surface area contributed by atoms with Crippen LogP contribution in [0.5, 0.6) is 0 Å². The predicted octanol–water partition coefficient (Wildman–Crippen LogP) is 2.23. The fourth-order valence-electron chi connectivity index (χ4n) is 2.45. The van der Waals surface area contributed by atoms with Crippen molar-refractivity contribution in [1.29, 1.82) is 5.26 Å². The molecule has 1 aliphatic heterocycles. The second-order valence-corrected chi connectivity index (χ2v) is 5.04. The summed E-state index contributed by atoms with van der Waals surface area (Å²) in [5, 5.41) is 18.9. The van der Waals surface area contributed by atoms with Crippen LogP contribution >= 0.6 is 0 Å². The SMILES string of the molecule is CC1CN(c2cc(C#N)ccc2[C@@H](C)O)CCCO1. The minimum Gasteiger partial charge on any atom is -0.389 e. The van der Waals surface area contributed by atoms with Crippen LogP contribution in [-0.2, 0) is 4.74 Å². The van der Waals surface area contributed by atoms with E-state index in [-0.39, 0.29) is 6.10 Å². The number of anilines is 1. The number of nitriles is 1. The molecule has 1 unspecified atom stereocenters. The molecular formula is C15H20N2O2. The first-order chi connectivity index (χ1) is 9.11. The summed E-state index contributed by atoms with van der Waals surface area (Å²) in [6, 6.07) is 7.62. The Kier molecular flexibility index (Phi) is 4.41. The number of nitrogens with zero attached hydrogens (tertiary/aromatic N) is 2. The van der Waals surface area contributed by atoms with E-state index in [1.807, 2.05) is 12.1 Å². The highest BCUT2D eigenvalue weighted by Gasteiger charge is 2.19. The minimum absolute atomic E-state index is 0.162. The molecule has 0 aliphatic carbocycles. The van der Waals surface area contributed by atoms with E-state index >= 15 is 0 Å². The van der Waals surface area contributed by atoms with Gasteiger partial charge in [0.15, 0.2) is 0 Å². The normalized spacial score (nSPS) is 21.6. The number of rotatable bonds is 2. The third-order valence-electron chi connectivity index (χ3n) is 3.40. The van der Waals surface area contributed by atoms with Crippen molar-refractivity contribution in [3.8, 4) is 6.07 Å². The van der Waals surface area contributed by atoms with E-state index in [9.17, 15) is 5.11 Å². The molecule has 1 fully saturated rings. The van der Waals surface area contributed by atoms with Gasteiger partial charge in [-0.25, -0.2) is 0 Å². The smallest absolute Gasteiger partial charge is 0.0992 e. The van der Waals surface area contributed by atoms with Gasteiger partial charge in [-0.1, -0.05) is 6.07 Å². The molecule has 1 N–H and O–H groups in total. The summed E-state index contributed by atoms with van der Waals surface area (Å²) in [6.45, 7) is 6.24. The maximum absolute atomic E-state index is 9.89. The molecular weight excluding hydrogens is 240 g/mol. The molecule has 1 saturated heterocycles. The highest BCUT2D eigenvalue weighted by atomic mass is 16.5. The first-order valence-corrected chi connectivity index (χ1v) is 6.70. The van der Waals surface area contributed by atoms with E-state index in [1.54, 1.807) is 13.0 Å². The fourth-order valence-corrected chi connectivity index (χ4v) is 2.45. The molecule has 4 heteroatoms. The van der Waals surface area contributed by atoms with E-state index in [0.717, 1.165) is 37.4 Å². The maximum Gasteiger partial charge on any atom is 0.0992 e. The van der Waals surface area contributed by atoms with Gasteiger partial charge in [0.1, 0.15) is 0 Å². The second kappa shape index (κ2) is 6.05. The van der Waals surface area contributed by atoms with Gasteiger partial charge in [0.25, 0.3) is 0 Å². The van der Waals surface area contributed by atoms with E-state index in [2.05, 4.69) is 17.9 Å². The summed E-state index contributed by atoms with van der Waals surface area (Å²) in [5.41, 5.74) is 2.44. The predicted molar refractivity (Wildman–Crippen MR) is 74.0 cm³/mol. The third kappa shape index (κ3) is 3.25. The zero-order valence-electron chi connectivity index (χ0n) is 11.5. The monoisotopic (exact) mass is 260 g/mol. The molecule has 0 bridgehead atoms. The van der Waals surface area contributed by atoms with Crippen LogP contribution in [0.1, 0.15) is 37.5 Å². The van der Waals surface area contributed by atoms with Crippen molar-refractivity contribution in [2.24, 2.45) is 0 Å². The Labute approximate surface area is 114 Å². The Hall–Kier alpha value is -1.57. The van der Waals surface area contributed by atoms with Crippen LogP contribution in [-0.4, -0.2) is 30.9 Å². The van der Waals surface area contributed by atoms with Gasteiger partial charge in [-0.2, -0.15) is 5.26 Å². The van der Waals surface area contributed by atoms with Crippen molar-refractivity contribution >= 4 is 5.69 Å². The molecule has 0 saturated carbocycles. The van der Waals surface area contributed by atoms with Crippen molar-refractivity contribution in [3.05, 3.63) is 29.3 Å². The van der Waals surface area contributed by atoms with Crippen LogP contribution < -0.4 is 4.90 Å². The average Bonchev–Trinajstić information content (AvgIpc) is 2.62. The first-order valence-electron chi connectivity index (χ1n) is 6.70. The molecule has 102 valence electrons. The summed E-state index contributed by atoms with van der Waals surface area (Å²) in [6.07, 6.45) is 0.581. The lowest BCUT2D eigenvalue weighted by molar-refractivity contribution is 0.0820. The van der Waals surface area contributed by atoms with Gasteiger partial charge in [-0.15, -0.1) is 0 Å². The van der Waals surface area contributed by atoms with Gasteiger partial charge >= 0.3 is 0 Å². The molecule has 1 heterocycles. The molecule has 19 heavy (non-hydrogen) atoms. The molecule has 1 aromatic rings.